The number of anilines is 6. The van der Waals surface area contributed by atoms with Gasteiger partial charge in [0.1, 0.15) is 12.1 Å². The summed E-state index contributed by atoms with van der Waals surface area (Å²) in [7, 11) is 0. The van der Waals surface area contributed by atoms with Gasteiger partial charge in [0.25, 0.3) is 0 Å². The molecule has 10 nitrogen and oxygen atoms in total. The summed E-state index contributed by atoms with van der Waals surface area (Å²) in [5, 5.41) is 43.4. The van der Waals surface area contributed by atoms with Crippen LogP contribution in [0, 0.1) is 45.3 Å². The van der Waals surface area contributed by atoms with E-state index in [-0.39, 0.29) is 23.0 Å². The minimum absolute atomic E-state index is 0.128. The standard InChI is InChI=1S/C44H22N10/c45-23-27-15-19-31(20-16-27)39-40(32-21-17-28(24-46)18-22-32)52-44-43(51-39)53(37-13-5-9-29-7-1-3-11-33(29)37)41-42(50-36(26-48)35(25-47)49-41)54(44)38-14-6-10-30-8-2-4-12-34(30)38/h1-22H. The molecular formula is C44H22N10. The van der Waals surface area contributed by atoms with Crippen LogP contribution in [0.4, 0.5) is 34.6 Å². The molecule has 0 saturated carbocycles. The molecule has 8 aromatic rings. The van der Waals surface area contributed by atoms with E-state index < -0.39 is 0 Å². The molecule has 9 rings (SSSR count). The predicted octanol–water partition coefficient (Wildman–Crippen LogP) is 9.65. The van der Waals surface area contributed by atoms with Gasteiger partial charge < -0.3 is 0 Å². The first-order valence-corrected chi connectivity index (χ1v) is 16.8. The van der Waals surface area contributed by atoms with Crippen molar-refractivity contribution in [1.29, 1.82) is 21.0 Å². The molecule has 0 radical (unpaired) electrons. The Kier molecular flexibility index (Phi) is 7.42. The number of fused-ring (bicyclic) bond motifs is 4. The third kappa shape index (κ3) is 5.00. The quantitative estimate of drug-likeness (QED) is 0.174. The number of aromatic nitrogens is 4. The Balaban J connectivity index is 1.45. The van der Waals surface area contributed by atoms with Gasteiger partial charge in [-0.1, -0.05) is 97.1 Å². The monoisotopic (exact) mass is 690 g/mol. The zero-order valence-electron chi connectivity index (χ0n) is 28.2. The lowest BCUT2D eigenvalue weighted by Crippen LogP contribution is -2.29. The second kappa shape index (κ2) is 12.7. The van der Waals surface area contributed by atoms with E-state index in [0.29, 0.717) is 56.7 Å². The van der Waals surface area contributed by atoms with Crippen LogP contribution < -0.4 is 9.80 Å². The number of hydrogen-bond donors (Lipinski definition) is 0. The third-order valence-electron chi connectivity index (χ3n) is 9.37. The van der Waals surface area contributed by atoms with Crippen molar-refractivity contribution >= 4 is 56.2 Å². The van der Waals surface area contributed by atoms with Crippen LogP contribution in [0.3, 0.4) is 0 Å². The first-order chi connectivity index (χ1) is 26.6. The fourth-order valence-electron chi connectivity index (χ4n) is 6.86. The fourth-order valence-corrected chi connectivity index (χ4v) is 6.86. The van der Waals surface area contributed by atoms with Gasteiger partial charge in [0.2, 0.25) is 0 Å². The molecule has 0 saturated heterocycles. The van der Waals surface area contributed by atoms with Gasteiger partial charge in [-0.25, -0.2) is 19.9 Å². The maximum Gasteiger partial charge on any atom is 0.184 e. The van der Waals surface area contributed by atoms with Crippen LogP contribution >= 0.6 is 0 Å². The van der Waals surface area contributed by atoms with Crippen molar-refractivity contribution in [3.05, 3.63) is 156 Å². The van der Waals surface area contributed by atoms with Gasteiger partial charge in [-0.3, -0.25) is 9.80 Å². The molecule has 0 fully saturated rings. The van der Waals surface area contributed by atoms with Crippen LogP contribution in [0.2, 0.25) is 0 Å². The number of benzene rings is 6. The van der Waals surface area contributed by atoms with Crippen LogP contribution in [0.5, 0.6) is 0 Å². The van der Waals surface area contributed by atoms with Crippen LogP contribution in [-0.2, 0) is 0 Å². The summed E-state index contributed by atoms with van der Waals surface area (Å²) < 4.78 is 0. The molecule has 0 atom stereocenters. The highest BCUT2D eigenvalue weighted by Gasteiger charge is 2.39. The van der Waals surface area contributed by atoms with Crippen molar-refractivity contribution in [3.63, 3.8) is 0 Å². The SMILES string of the molecule is N#Cc1ccc(-c2nc3c(nc2-c2ccc(C#N)cc2)N(c2cccc4ccccc24)c2nc(C#N)c(C#N)nc2N3c2cccc3ccccc23)cc1. The highest BCUT2D eigenvalue weighted by atomic mass is 15.4. The van der Waals surface area contributed by atoms with E-state index in [9.17, 15) is 21.0 Å². The third-order valence-corrected chi connectivity index (χ3v) is 9.37. The van der Waals surface area contributed by atoms with Crippen molar-refractivity contribution in [2.75, 3.05) is 9.80 Å². The van der Waals surface area contributed by atoms with E-state index in [2.05, 4.69) is 24.3 Å². The molecule has 1 aliphatic rings. The van der Waals surface area contributed by atoms with Crippen LogP contribution in [0.1, 0.15) is 22.5 Å². The molecule has 10 heteroatoms. The molecule has 3 heterocycles. The predicted molar refractivity (Wildman–Crippen MR) is 205 cm³/mol. The minimum atomic E-state index is -0.128. The van der Waals surface area contributed by atoms with Gasteiger partial charge in [-0.2, -0.15) is 21.0 Å². The number of nitriles is 4. The molecule has 0 bridgehead atoms. The summed E-state index contributed by atoms with van der Waals surface area (Å²) >= 11 is 0. The summed E-state index contributed by atoms with van der Waals surface area (Å²) in [5.74, 6) is 1.36. The lowest BCUT2D eigenvalue weighted by molar-refractivity contribution is 0.983. The van der Waals surface area contributed by atoms with Crippen LogP contribution in [0.15, 0.2) is 133 Å². The van der Waals surface area contributed by atoms with Gasteiger partial charge in [0, 0.05) is 21.9 Å². The second-order valence-corrected chi connectivity index (χ2v) is 12.4. The highest BCUT2D eigenvalue weighted by Crippen LogP contribution is 2.54. The van der Waals surface area contributed by atoms with Crippen molar-refractivity contribution in [1.82, 2.24) is 19.9 Å². The smallest absolute Gasteiger partial charge is 0.184 e. The minimum Gasteiger partial charge on any atom is -0.272 e. The molecule has 2 aromatic heterocycles. The van der Waals surface area contributed by atoms with Gasteiger partial charge >= 0.3 is 0 Å². The van der Waals surface area contributed by atoms with E-state index in [1.165, 1.54) is 0 Å². The first-order valence-electron chi connectivity index (χ1n) is 16.8. The zero-order valence-corrected chi connectivity index (χ0v) is 28.2. The van der Waals surface area contributed by atoms with E-state index in [1.54, 1.807) is 24.3 Å². The Labute approximate surface area is 309 Å². The first kappa shape index (κ1) is 31.5. The molecule has 0 spiro atoms. The van der Waals surface area contributed by atoms with Crippen LogP contribution in [-0.4, -0.2) is 19.9 Å². The molecule has 0 amide bonds. The maximum atomic E-state index is 10.2. The van der Waals surface area contributed by atoms with E-state index in [1.807, 2.05) is 119 Å². The molecular weight excluding hydrogens is 669 g/mol. The lowest BCUT2D eigenvalue weighted by atomic mass is 10.0. The molecule has 54 heavy (non-hydrogen) atoms. The molecule has 0 unspecified atom stereocenters. The summed E-state index contributed by atoms with van der Waals surface area (Å²) in [5.41, 5.74) is 4.57. The van der Waals surface area contributed by atoms with Crippen molar-refractivity contribution in [2.45, 2.75) is 0 Å². The molecule has 0 aliphatic carbocycles. The topological polar surface area (TPSA) is 153 Å². The molecule has 0 N–H and O–H groups in total. The fraction of sp³-hybridized carbons (Fsp3) is 0. The van der Waals surface area contributed by atoms with Crippen LogP contribution in [0.25, 0.3) is 44.1 Å². The van der Waals surface area contributed by atoms with Crippen molar-refractivity contribution in [3.8, 4) is 46.8 Å². The van der Waals surface area contributed by atoms with Gasteiger partial charge in [0.05, 0.1) is 46.0 Å². The summed E-state index contributed by atoms with van der Waals surface area (Å²) in [6, 6.07) is 50.4. The molecule has 6 aromatic carbocycles. The Morgan fingerprint density at radius 3 is 1.13 bits per heavy atom. The van der Waals surface area contributed by atoms with Gasteiger partial charge in [-0.05, 0) is 47.2 Å². The molecule has 248 valence electrons. The summed E-state index contributed by atoms with van der Waals surface area (Å²) in [6.07, 6.45) is 0. The molecule has 1 aliphatic heterocycles. The number of nitrogens with zero attached hydrogens (tertiary/aromatic N) is 10. The normalized spacial score (nSPS) is 11.6. The highest BCUT2D eigenvalue weighted by molar-refractivity contribution is 6.08. The average molecular weight is 691 g/mol. The summed E-state index contributed by atoms with van der Waals surface area (Å²) in [4.78, 5) is 24.3. The van der Waals surface area contributed by atoms with Gasteiger partial charge in [0.15, 0.2) is 34.7 Å². The Hall–Kier alpha value is -8.44. The van der Waals surface area contributed by atoms with E-state index >= 15 is 0 Å². The van der Waals surface area contributed by atoms with Crippen molar-refractivity contribution in [2.24, 2.45) is 0 Å². The van der Waals surface area contributed by atoms with E-state index in [0.717, 1.165) is 21.5 Å². The Morgan fingerprint density at radius 1 is 0.370 bits per heavy atom. The lowest BCUT2D eigenvalue weighted by Gasteiger charge is -2.38. The summed E-state index contributed by atoms with van der Waals surface area (Å²) in [6.45, 7) is 0. The van der Waals surface area contributed by atoms with E-state index in [4.69, 9.17) is 19.9 Å². The van der Waals surface area contributed by atoms with Gasteiger partial charge in [-0.15, -0.1) is 0 Å². The van der Waals surface area contributed by atoms with Crippen molar-refractivity contribution < 1.29 is 0 Å². The second-order valence-electron chi connectivity index (χ2n) is 12.4. The largest absolute Gasteiger partial charge is 0.272 e. The Bertz CT molecular complexity index is 2780. The number of rotatable bonds is 4. The number of hydrogen-bond acceptors (Lipinski definition) is 10. The zero-order chi connectivity index (χ0) is 36.8. The Morgan fingerprint density at radius 2 is 0.741 bits per heavy atom. The maximum absolute atomic E-state index is 10.2. The average Bonchev–Trinajstić information content (AvgIpc) is 3.24.